The molecule has 0 radical (unpaired) electrons. The number of benzene rings is 14. The van der Waals surface area contributed by atoms with Crippen LogP contribution in [0.15, 0.2) is 309 Å². The Balaban J connectivity index is 0.943. The molecule has 0 aromatic heterocycles. The normalized spacial score (nSPS) is 15.0. The van der Waals surface area contributed by atoms with Crippen LogP contribution in [0.4, 0.5) is 68.2 Å². The minimum atomic E-state index is -0.626. The number of nitrogens with zero attached hydrogens (tertiary/aromatic N) is 4. The first-order valence-corrected chi connectivity index (χ1v) is 38.4. The lowest BCUT2D eigenvalue weighted by atomic mass is 9.33. The van der Waals surface area contributed by atoms with Gasteiger partial charge in [-0.25, -0.2) is 0 Å². The summed E-state index contributed by atoms with van der Waals surface area (Å²) < 4.78 is 0. The van der Waals surface area contributed by atoms with Crippen molar-refractivity contribution in [1.82, 2.24) is 0 Å². The van der Waals surface area contributed by atoms with Crippen LogP contribution < -0.4 is 36.0 Å². The van der Waals surface area contributed by atoms with Gasteiger partial charge in [-0.05, 0) is 218 Å². The zero-order chi connectivity index (χ0) is 73.0. The molecule has 14 aromatic carbocycles. The van der Waals surface area contributed by atoms with Gasteiger partial charge in [0, 0.05) is 39.7 Å². The van der Waals surface area contributed by atoms with Crippen LogP contribution in [0, 0.1) is 0 Å². The maximum Gasteiger partial charge on any atom is 0.252 e. The predicted octanol–water partition coefficient (Wildman–Crippen LogP) is 24.9. The highest BCUT2D eigenvalue weighted by atomic mass is 15.2. The molecule has 0 unspecified atom stereocenters. The standard InChI is InChI=1S/C102H87BN4/c1-97(2,3)65-48-54-69(55-49-65)104-89-58-52-67(99(7,8)9)62-83(89)103-84-63-68(100(10,11)12)53-59-90(84)105(70-56-50-66(51-57-70)98(4,5)6)94-61-64(60-93(104)96(94)103)95-91(106-85-42-25-21-38-79(85)101(80-39-22-26-43-86(80)106)75-34-17-13-30-71(75)72-31-14-18-35-76(72)101)46-29-47-92(95)107-87-44-27-23-40-81(87)102(82-41-24-28-45-88(82)107)77-36-19-15-32-73(77)74-33-16-20-37-78(74)102/h13-63H,1-12H3. The predicted molar refractivity (Wildman–Crippen MR) is 452 cm³/mol. The maximum absolute atomic E-state index is 2.65. The second kappa shape index (κ2) is 22.9. The van der Waals surface area contributed by atoms with Crippen LogP contribution in [0.25, 0.3) is 33.4 Å². The molecule has 2 aliphatic carbocycles. The van der Waals surface area contributed by atoms with Gasteiger partial charge in [0.1, 0.15) is 0 Å². The van der Waals surface area contributed by atoms with Gasteiger partial charge in [0.15, 0.2) is 0 Å². The number of hydrogen-bond acceptors (Lipinski definition) is 4. The van der Waals surface area contributed by atoms with Gasteiger partial charge >= 0.3 is 0 Å². The second-order valence-corrected chi connectivity index (χ2v) is 34.8. The summed E-state index contributed by atoms with van der Waals surface area (Å²) in [5.74, 6) is 0. The van der Waals surface area contributed by atoms with E-state index in [4.69, 9.17) is 0 Å². The minimum Gasteiger partial charge on any atom is -0.311 e. The van der Waals surface area contributed by atoms with Crippen LogP contribution in [0.2, 0.25) is 0 Å². The zero-order valence-electron chi connectivity index (χ0n) is 63.3. The highest BCUT2D eigenvalue weighted by Crippen LogP contribution is 2.68. The lowest BCUT2D eigenvalue weighted by molar-refractivity contribution is 0.590. The van der Waals surface area contributed by atoms with Crippen molar-refractivity contribution in [2.45, 2.75) is 116 Å². The number of hydrogen-bond donors (Lipinski definition) is 0. The Hall–Kier alpha value is -11.7. The van der Waals surface area contributed by atoms with E-state index in [1.807, 2.05) is 0 Å². The molecule has 14 aromatic rings. The van der Waals surface area contributed by atoms with Crippen LogP contribution in [-0.2, 0) is 32.5 Å². The molecule has 6 aliphatic rings. The fourth-order valence-electron chi connectivity index (χ4n) is 19.7. The Morgan fingerprint density at radius 3 is 0.804 bits per heavy atom. The third kappa shape index (κ3) is 9.16. The molecule has 20 rings (SSSR count). The zero-order valence-corrected chi connectivity index (χ0v) is 63.3. The van der Waals surface area contributed by atoms with Crippen LogP contribution in [0.3, 0.4) is 0 Å². The average molecular weight is 1380 g/mol. The summed E-state index contributed by atoms with van der Waals surface area (Å²) in [5.41, 5.74) is 38.7. The molecule has 0 atom stereocenters. The van der Waals surface area contributed by atoms with Crippen LogP contribution in [0.5, 0.6) is 0 Å². The van der Waals surface area contributed by atoms with Gasteiger partial charge in [-0.15, -0.1) is 0 Å². The summed E-state index contributed by atoms with van der Waals surface area (Å²) >= 11 is 0. The second-order valence-electron chi connectivity index (χ2n) is 34.8. The highest BCUT2D eigenvalue weighted by Gasteiger charge is 2.55. The highest BCUT2D eigenvalue weighted by molar-refractivity contribution is 7.00. The molecule has 4 nitrogen and oxygen atoms in total. The monoisotopic (exact) mass is 1380 g/mol. The molecule has 0 N–H and O–H groups in total. The topological polar surface area (TPSA) is 13.0 Å². The minimum absolute atomic E-state index is 0.0620. The summed E-state index contributed by atoms with van der Waals surface area (Å²) in [6, 6.07) is 121. The summed E-state index contributed by atoms with van der Waals surface area (Å²) in [6.07, 6.45) is 0. The SMILES string of the molecule is CC(C)(C)c1ccc(N2c3ccc(C(C)(C)C)cc3B3c4cc(C(C)(C)C)ccc4N(c4ccc(C(C)(C)C)cc4)c4cc(-c5c(N6c7ccccc7C7(c8ccccc8-c8ccccc87)c7ccccc76)cccc5N5c6ccccc6C6(c7ccccc7-c7ccccc76)c6ccccc65)cc2c43)cc1. The van der Waals surface area contributed by atoms with Gasteiger partial charge in [0.05, 0.1) is 45.0 Å². The van der Waals surface area contributed by atoms with E-state index in [0.29, 0.717) is 0 Å². The van der Waals surface area contributed by atoms with Crippen LogP contribution in [0.1, 0.15) is 150 Å². The Labute approximate surface area is 632 Å². The molecule has 5 heteroatoms. The average Bonchev–Trinajstić information content (AvgIpc) is 1.63. The van der Waals surface area contributed by atoms with Gasteiger partial charge in [-0.1, -0.05) is 308 Å². The van der Waals surface area contributed by atoms with E-state index >= 15 is 0 Å². The van der Waals surface area contributed by atoms with E-state index in [9.17, 15) is 0 Å². The third-order valence-corrected chi connectivity index (χ3v) is 24.7. The van der Waals surface area contributed by atoms with Crippen molar-refractivity contribution < 1.29 is 0 Å². The molecule has 4 heterocycles. The number of fused-ring (bicyclic) bond motifs is 22. The molecule has 107 heavy (non-hydrogen) atoms. The summed E-state index contributed by atoms with van der Waals surface area (Å²) in [4.78, 5) is 10.6. The van der Waals surface area contributed by atoms with Gasteiger partial charge in [-0.2, -0.15) is 0 Å². The van der Waals surface area contributed by atoms with E-state index in [-0.39, 0.29) is 28.4 Å². The fraction of sp³-hybridized carbons (Fsp3) is 0.176. The first-order chi connectivity index (χ1) is 51.6. The molecule has 0 saturated carbocycles. The van der Waals surface area contributed by atoms with Crippen LogP contribution in [-0.4, -0.2) is 6.71 Å². The Morgan fingerprint density at radius 2 is 0.495 bits per heavy atom. The molecule has 518 valence electrons. The number of anilines is 12. The molecule has 0 amide bonds. The van der Waals surface area contributed by atoms with Crippen LogP contribution >= 0.6 is 0 Å². The van der Waals surface area contributed by atoms with Crippen molar-refractivity contribution in [3.8, 4) is 33.4 Å². The fourth-order valence-corrected chi connectivity index (χ4v) is 19.7. The Bertz CT molecular complexity index is 5490. The van der Waals surface area contributed by atoms with Crippen molar-refractivity contribution in [1.29, 1.82) is 0 Å². The number of rotatable bonds is 5. The van der Waals surface area contributed by atoms with Crippen molar-refractivity contribution in [2.75, 3.05) is 19.6 Å². The van der Waals surface area contributed by atoms with Crippen molar-refractivity contribution in [3.05, 3.63) is 376 Å². The summed E-state index contributed by atoms with van der Waals surface area (Å²) in [5, 5.41) is 0. The Kier molecular flexibility index (Phi) is 13.9. The molecular formula is C102H87BN4. The Morgan fingerprint density at radius 1 is 0.224 bits per heavy atom. The first kappa shape index (κ1) is 64.9. The summed E-state index contributed by atoms with van der Waals surface area (Å²) in [6.45, 7) is 28.0. The smallest absolute Gasteiger partial charge is 0.252 e. The molecular weight excluding hydrogens is 1290 g/mol. The third-order valence-electron chi connectivity index (χ3n) is 24.7. The van der Waals surface area contributed by atoms with E-state index < -0.39 is 10.8 Å². The maximum atomic E-state index is 2.65. The van der Waals surface area contributed by atoms with Gasteiger partial charge < -0.3 is 19.6 Å². The molecule has 0 fully saturated rings. The first-order valence-electron chi connectivity index (χ1n) is 38.4. The van der Waals surface area contributed by atoms with Gasteiger partial charge in [-0.3, -0.25) is 0 Å². The van der Waals surface area contributed by atoms with Crippen molar-refractivity contribution >= 4 is 91.3 Å². The van der Waals surface area contributed by atoms with Gasteiger partial charge in [0.2, 0.25) is 0 Å². The lowest BCUT2D eigenvalue weighted by Crippen LogP contribution is -2.61. The largest absolute Gasteiger partial charge is 0.311 e. The molecule has 4 aliphatic heterocycles. The quantitative estimate of drug-likeness (QED) is 0.159. The summed E-state index contributed by atoms with van der Waals surface area (Å²) in [7, 11) is 0. The molecule has 2 spiro atoms. The van der Waals surface area contributed by atoms with Crippen molar-refractivity contribution in [3.63, 3.8) is 0 Å². The number of para-hydroxylation sites is 4. The lowest BCUT2D eigenvalue weighted by Gasteiger charge is -2.47. The molecule has 0 bridgehead atoms. The van der Waals surface area contributed by atoms with Gasteiger partial charge in [0.25, 0.3) is 6.71 Å². The van der Waals surface area contributed by atoms with E-state index in [2.05, 4.69) is 412 Å². The van der Waals surface area contributed by atoms with E-state index in [0.717, 1.165) is 68.0 Å². The van der Waals surface area contributed by atoms with Crippen molar-refractivity contribution in [2.24, 2.45) is 0 Å². The van der Waals surface area contributed by atoms with E-state index in [1.165, 1.54) is 117 Å². The van der Waals surface area contributed by atoms with E-state index in [1.54, 1.807) is 0 Å². The molecule has 0 saturated heterocycles.